The summed E-state index contributed by atoms with van der Waals surface area (Å²) in [5.74, 6) is 0. The largest absolute Gasteiger partial charge is 0.271 e. The molecular weight excluding hydrogens is 198 g/mol. The Morgan fingerprint density at radius 2 is 2.00 bits per heavy atom. The maximum absolute atomic E-state index is 8.49. The highest BCUT2D eigenvalue weighted by atomic mass is 15.3. The zero-order chi connectivity index (χ0) is 11.4. The van der Waals surface area contributed by atoms with Crippen LogP contribution in [0.1, 0.15) is 12.0 Å². The molecule has 16 heavy (non-hydrogen) atoms. The highest BCUT2D eigenvalue weighted by molar-refractivity contribution is 5.61. The van der Waals surface area contributed by atoms with Crippen LogP contribution in [0.4, 0.5) is 0 Å². The molecule has 0 unspecified atom stereocenters. The molecule has 0 amide bonds. The molecule has 1 aromatic carbocycles. The van der Waals surface area contributed by atoms with Crippen LogP contribution in [0.3, 0.4) is 0 Å². The Balaban J connectivity index is 2.18. The second-order valence-electron chi connectivity index (χ2n) is 3.77. The van der Waals surface area contributed by atoms with Gasteiger partial charge in [0.25, 0.3) is 0 Å². The van der Waals surface area contributed by atoms with Crippen LogP contribution in [0.15, 0.2) is 36.7 Å². The fourth-order valence-corrected chi connectivity index (χ4v) is 1.55. The summed E-state index contributed by atoms with van der Waals surface area (Å²) in [5.41, 5.74) is 3.51. The Morgan fingerprint density at radius 3 is 2.69 bits per heavy atom. The number of hydrogen-bond acceptors (Lipinski definition) is 2. The quantitative estimate of drug-likeness (QED) is 0.783. The van der Waals surface area contributed by atoms with Crippen molar-refractivity contribution < 1.29 is 0 Å². The highest BCUT2D eigenvalue weighted by Gasteiger charge is 2.00. The first-order valence-electron chi connectivity index (χ1n) is 5.26. The number of aromatic nitrogens is 2. The van der Waals surface area contributed by atoms with Crippen molar-refractivity contribution in [2.45, 2.75) is 19.9 Å². The van der Waals surface area contributed by atoms with Gasteiger partial charge >= 0.3 is 0 Å². The van der Waals surface area contributed by atoms with Gasteiger partial charge in [-0.15, -0.1) is 0 Å². The Kier molecular flexibility index (Phi) is 3.02. The second-order valence-corrected chi connectivity index (χ2v) is 3.77. The van der Waals surface area contributed by atoms with Gasteiger partial charge in [0.05, 0.1) is 25.2 Å². The molecule has 0 saturated carbocycles. The molecule has 80 valence electrons. The minimum Gasteiger partial charge on any atom is -0.271 e. The molecule has 0 saturated heterocycles. The van der Waals surface area contributed by atoms with Crippen LogP contribution < -0.4 is 0 Å². The van der Waals surface area contributed by atoms with Gasteiger partial charge in [0.2, 0.25) is 0 Å². The van der Waals surface area contributed by atoms with Gasteiger partial charge in [0.15, 0.2) is 0 Å². The van der Waals surface area contributed by atoms with E-state index in [1.165, 1.54) is 5.56 Å². The molecule has 0 aliphatic rings. The zero-order valence-corrected chi connectivity index (χ0v) is 9.22. The van der Waals surface area contributed by atoms with E-state index in [9.17, 15) is 0 Å². The topological polar surface area (TPSA) is 41.6 Å². The van der Waals surface area contributed by atoms with Gasteiger partial charge in [-0.05, 0) is 12.5 Å². The van der Waals surface area contributed by atoms with Crippen LogP contribution in [0, 0.1) is 18.3 Å². The smallest absolute Gasteiger partial charge is 0.0641 e. The molecule has 3 heteroatoms. The van der Waals surface area contributed by atoms with Crippen LogP contribution in [0.25, 0.3) is 11.1 Å². The molecule has 0 fully saturated rings. The first-order chi connectivity index (χ1) is 7.79. The molecule has 0 atom stereocenters. The SMILES string of the molecule is Cc1ccc(-c2cnn(CCC#N)c2)cc1. The Bertz CT molecular complexity index is 503. The van der Waals surface area contributed by atoms with E-state index in [0.29, 0.717) is 13.0 Å². The molecular formula is C13H13N3. The summed E-state index contributed by atoms with van der Waals surface area (Å²) < 4.78 is 1.80. The molecule has 0 aliphatic carbocycles. The van der Waals surface area contributed by atoms with Crippen molar-refractivity contribution in [2.24, 2.45) is 0 Å². The van der Waals surface area contributed by atoms with Crippen LogP contribution in [-0.2, 0) is 6.54 Å². The maximum Gasteiger partial charge on any atom is 0.0641 e. The van der Waals surface area contributed by atoms with Gasteiger partial charge in [-0.2, -0.15) is 10.4 Å². The number of aryl methyl sites for hydroxylation is 2. The van der Waals surface area contributed by atoms with E-state index in [0.717, 1.165) is 11.1 Å². The van der Waals surface area contributed by atoms with Gasteiger partial charge in [-0.1, -0.05) is 29.8 Å². The molecule has 2 aromatic rings. The lowest BCUT2D eigenvalue weighted by Crippen LogP contribution is -1.96. The lowest BCUT2D eigenvalue weighted by atomic mass is 10.1. The summed E-state index contributed by atoms with van der Waals surface area (Å²) in [4.78, 5) is 0. The van der Waals surface area contributed by atoms with Crippen LogP contribution in [0.5, 0.6) is 0 Å². The molecule has 0 radical (unpaired) electrons. The lowest BCUT2D eigenvalue weighted by Gasteiger charge is -1.97. The van der Waals surface area contributed by atoms with Crippen molar-refractivity contribution in [1.29, 1.82) is 5.26 Å². The van der Waals surface area contributed by atoms with Crippen molar-refractivity contribution in [1.82, 2.24) is 9.78 Å². The van der Waals surface area contributed by atoms with E-state index < -0.39 is 0 Å². The van der Waals surface area contributed by atoms with Gasteiger partial charge in [0, 0.05) is 11.8 Å². The summed E-state index contributed by atoms with van der Waals surface area (Å²) in [5, 5.41) is 12.7. The van der Waals surface area contributed by atoms with Crippen molar-refractivity contribution in [3.05, 3.63) is 42.2 Å². The summed E-state index contributed by atoms with van der Waals surface area (Å²) in [6.07, 6.45) is 4.30. The Morgan fingerprint density at radius 1 is 1.25 bits per heavy atom. The molecule has 0 spiro atoms. The van der Waals surface area contributed by atoms with Crippen LogP contribution in [-0.4, -0.2) is 9.78 Å². The first-order valence-corrected chi connectivity index (χ1v) is 5.26. The number of rotatable bonds is 3. The van der Waals surface area contributed by atoms with Crippen molar-refractivity contribution in [3.8, 4) is 17.2 Å². The molecule has 2 rings (SSSR count). The highest BCUT2D eigenvalue weighted by Crippen LogP contribution is 2.18. The molecule has 1 aromatic heterocycles. The predicted molar refractivity (Wildman–Crippen MR) is 62.6 cm³/mol. The standard InChI is InChI=1S/C13H13N3/c1-11-3-5-12(6-4-11)13-9-15-16(10-13)8-2-7-14/h3-6,9-10H,2,8H2,1H3. The summed E-state index contributed by atoms with van der Waals surface area (Å²) in [7, 11) is 0. The summed E-state index contributed by atoms with van der Waals surface area (Å²) in [6.45, 7) is 2.72. The van der Waals surface area contributed by atoms with E-state index in [2.05, 4.69) is 42.4 Å². The predicted octanol–water partition coefficient (Wildman–Crippen LogP) is 2.77. The summed E-state index contributed by atoms with van der Waals surface area (Å²) in [6, 6.07) is 10.5. The normalized spacial score (nSPS) is 10.0. The van der Waals surface area contributed by atoms with Gasteiger partial charge in [0.1, 0.15) is 0 Å². The average molecular weight is 211 g/mol. The first kappa shape index (κ1) is 10.4. The zero-order valence-electron chi connectivity index (χ0n) is 9.22. The Labute approximate surface area is 94.9 Å². The van der Waals surface area contributed by atoms with Crippen molar-refractivity contribution >= 4 is 0 Å². The van der Waals surface area contributed by atoms with Gasteiger partial charge in [-0.25, -0.2) is 0 Å². The van der Waals surface area contributed by atoms with Crippen LogP contribution >= 0.6 is 0 Å². The number of hydrogen-bond donors (Lipinski definition) is 0. The Hall–Kier alpha value is -2.08. The second kappa shape index (κ2) is 4.63. The molecule has 0 aliphatic heterocycles. The maximum atomic E-state index is 8.49. The average Bonchev–Trinajstić information content (AvgIpc) is 2.76. The third kappa shape index (κ3) is 2.29. The lowest BCUT2D eigenvalue weighted by molar-refractivity contribution is 0.628. The molecule has 3 nitrogen and oxygen atoms in total. The fourth-order valence-electron chi connectivity index (χ4n) is 1.55. The van der Waals surface area contributed by atoms with E-state index in [4.69, 9.17) is 5.26 Å². The van der Waals surface area contributed by atoms with E-state index in [1.807, 2.05) is 12.4 Å². The van der Waals surface area contributed by atoms with E-state index in [-0.39, 0.29) is 0 Å². The minimum absolute atomic E-state index is 0.495. The van der Waals surface area contributed by atoms with Crippen molar-refractivity contribution in [2.75, 3.05) is 0 Å². The fraction of sp³-hybridized carbons (Fsp3) is 0.231. The number of nitriles is 1. The van der Waals surface area contributed by atoms with Crippen LogP contribution in [0.2, 0.25) is 0 Å². The molecule has 1 heterocycles. The van der Waals surface area contributed by atoms with Gasteiger partial charge in [-0.3, -0.25) is 4.68 Å². The van der Waals surface area contributed by atoms with E-state index >= 15 is 0 Å². The van der Waals surface area contributed by atoms with E-state index in [1.54, 1.807) is 4.68 Å². The monoisotopic (exact) mass is 211 g/mol. The third-order valence-corrected chi connectivity index (χ3v) is 2.47. The molecule has 0 N–H and O–H groups in total. The van der Waals surface area contributed by atoms with Crippen molar-refractivity contribution in [3.63, 3.8) is 0 Å². The third-order valence-electron chi connectivity index (χ3n) is 2.47. The number of nitrogens with zero attached hydrogens (tertiary/aromatic N) is 3. The van der Waals surface area contributed by atoms with Gasteiger partial charge < -0.3 is 0 Å². The number of benzene rings is 1. The summed E-state index contributed by atoms with van der Waals surface area (Å²) >= 11 is 0. The molecule has 0 bridgehead atoms. The minimum atomic E-state index is 0.495.